The molecule has 0 aliphatic carbocycles. The number of benzene rings is 3. The number of amides is 1. The molecule has 6 atom stereocenters. The fourth-order valence-electron chi connectivity index (χ4n) is 4.65. The highest BCUT2D eigenvalue weighted by atomic mass is 16.7. The predicted octanol–water partition coefficient (Wildman–Crippen LogP) is 3.65. The molecule has 2 fully saturated rings. The van der Waals surface area contributed by atoms with Crippen molar-refractivity contribution in [2.45, 2.75) is 37.3 Å². The highest BCUT2D eigenvalue weighted by Crippen LogP contribution is 2.38. The van der Waals surface area contributed by atoms with Crippen LogP contribution in [0.1, 0.15) is 34.2 Å². The molecule has 2 heterocycles. The summed E-state index contributed by atoms with van der Waals surface area (Å²) in [5.41, 5.74) is 7.73. The summed E-state index contributed by atoms with van der Waals surface area (Å²) in [6, 6.07) is 25.5. The van der Waals surface area contributed by atoms with E-state index in [1.165, 1.54) is 6.08 Å². The molecule has 5 rings (SSSR count). The zero-order chi connectivity index (χ0) is 26.5. The number of fused-ring (bicyclic) bond motifs is 1. The number of allylic oxidation sites excluding steroid dienone is 1. The van der Waals surface area contributed by atoms with E-state index < -0.39 is 42.7 Å². The molecule has 3 N–H and O–H groups in total. The van der Waals surface area contributed by atoms with Crippen LogP contribution in [0.5, 0.6) is 5.75 Å². The number of nitrogens with two attached hydrogens (primary N) is 1. The lowest BCUT2D eigenvalue weighted by Crippen LogP contribution is -2.61. The van der Waals surface area contributed by atoms with Gasteiger partial charge < -0.3 is 29.8 Å². The SMILES string of the molecule is NC(=O)C[C@@H]1[C@H](Oc2ccc(/C=C/C(=O)c3ccccc3)cc2)O[C@@H]2CO[C@H](c3ccccc3)O[C@H]2[C@H]1O. The van der Waals surface area contributed by atoms with Gasteiger partial charge in [-0.2, -0.15) is 0 Å². The molecule has 8 nitrogen and oxygen atoms in total. The van der Waals surface area contributed by atoms with Crippen molar-refractivity contribution >= 4 is 17.8 Å². The largest absolute Gasteiger partial charge is 0.465 e. The molecule has 2 saturated heterocycles. The van der Waals surface area contributed by atoms with Crippen LogP contribution in [0.3, 0.4) is 0 Å². The fourth-order valence-corrected chi connectivity index (χ4v) is 4.65. The first-order valence-electron chi connectivity index (χ1n) is 12.5. The summed E-state index contributed by atoms with van der Waals surface area (Å²) in [6.07, 6.45) is -0.874. The minimum atomic E-state index is -1.06. The summed E-state index contributed by atoms with van der Waals surface area (Å²) in [4.78, 5) is 24.1. The maximum Gasteiger partial charge on any atom is 0.218 e. The Labute approximate surface area is 220 Å². The first-order chi connectivity index (χ1) is 18.5. The maximum atomic E-state index is 12.3. The highest BCUT2D eigenvalue weighted by molar-refractivity contribution is 6.06. The number of ether oxygens (including phenoxy) is 4. The van der Waals surface area contributed by atoms with Crippen molar-refractivity contribution in [3.05, 3.63) is 108 Å². The predicted molar refractivity (Wildman–Crippen MR) is 139 cm³/mol. The summed E-state index contributed by atoms with van der Waals surface area (Å²) >= 11 is 0. The molecule has 8 heteroatoms. The third-order valence-electron chi connectivity index (χ3n) is 6.62. The Balaban J connectivity index is 1.26. The van der Waals surface area contributed by atoms with Crippen molar-refractivity contribution in [3.63, 3.8) is 0 Å². The van der Waals surface area contributed by atoms with E-state index in [9.17, 15) is 14.7 Å². The van der Waals surface area contributed by atoms with Gasteiger partial charge in [-0.25, -0.2) is 0 Å². The van der Waals surface area contributed by atoms with Gasteiger partial charge >= 0.3 is 0 Å². The lowest BCUT2D eigenvalue weighted by molar-refractivity contribution is -0.342. The van der Waals surface area contributed by atoms with E-state index in [0.29, 0.717) is 11.3 Å². The van der Waals surface area contributed by atoms with Crippen molar-refractivity contribution in [3.8, 4) is 5.75 Å². The normalized spacial score (nSPS) is 27.0. The molecule has 3 aromatic carbocycles. The van der Waals surface area contributed by atoms with Gasteiger partial charge in [-0.15, -0.1) is 0 Å². The van der Waals surface area contributed by atoms with Crippen LogP contribution in [0.25, 0.3) is 6.08 Å². The van der Waals surface area contributed by atoms with Crippen LogP contribution in [0.4, 0.5) is 0 Å². The molecular formula is C30H29NO7. The van der Waals surface area contributed by atoms with Crippen LogP contribution < -0.4 is 10.5 Å². The van der Waals surface area contributed by atoms with Gasteiger partial charge in [-0.1, -0.05) is 78.9 Å². The van der Waals surface area contributed by atoms with E-state index in [1.807, 2.05) is 48.5 Å². The van der Waals surface area contributed by atoms with E-state index in [-0.39, 0.29) is 18.8 Å². The van der Waals surface area contributed by atoms with Crippen LogP contribution in [0, 0.1) is 5.92 Å². The van der Waals surface area contributed by atoms with Crippen LogP contribution in [-0.2, 0) is 19.0 Å². The average Bonchev–Trinajstić information content (AvgIpc) is 2.95. The Kier molecular flexibility index (Phi) is 7.95. The van der Waals surface area contributed by atoms with E-state index in [4.69, 9.17) is 24.7 Å². The number of carbonyl (C=O) groups excluding carboxylic acids is 2. The van der Waals surface area contributed by atoms with Gasteiger partial charge in [-0.3, -0.25) is 9.59 Å². The second-order valence-electron chi connectivity index (χ2n) is 9.29. The van der Waals surface area contributed by atoms with Crippen molar-refractivity contribution < 1.29 is 33.6 Å². The lowest BCUT2D eigenvalue weighted by Gasteiger charge is -2.47. The molecule has 3 aromatic rings. The van der Waals surface area contributed by atoms with E-state index in [0.717, 1.165) is 11.1 Å². The molecule has 0 bridgehead atoms. The molecule has 0 radical (unpaired) electrons. The van der Waals surface area contributed by atoms with Crippen LogP contribution >= 0.6 is 0 Å². The number of hydrogen-bond donors (Lipinski definition) is 2. The van der Waals surface area contributed by atoms with E-state index >= 15 is 0 Å². The minimum Gasteiger partial charge on any atom is -0.465 e. The molecule has 0 saturated carbocycles. The van der Waals surface area contributed by atoms with Crippen molar-refractivity contribution in [2.75, 3.05) is 6.61 Å². The van der Waals surface area contributed by atoms with Gasteiger partial charge in [0.25, 0.3) is 0 Å². The maximum absolute atomic E-state index is 12.3. The van der Waals surface area contributed by atoms with Gasteiger partial charge in [0, 0.05) is 17.5 Å². The summed E-state index contributed by atoms with van der Waals surface area (Å²) in [5, 5.41) is 11.2. The molecule has 2 aliphatic rings. The third kappa shape index (κ3) is 6.00. The first-order valence-corrected chi connectivity index (χ1v) is 12.5. The number of aliphatic hydroxyl groups is 1. The van der Waals surface area contributed by atoms with Gasteiger partial charge in [0.1, 0.15) is 18.0 Å². The highest BCUT2D eigenvalue weighted by Gasteiger charge is 2.50. The Morgan fingerprint density at radius 1 is 0.947 bits per heavy atom. The topological polar surface area (TPSA) is 117 Å². The lowest BCUT2D eigenvalue weighted by atomic mass is 9.87. The molecule has 196 valence electrons. The molecule has 0 unspecified atom stereocenters. The third-order valence-corrected chi connectivity index (χ3v) is 6.62. The first kappa shape index (κ1) is 25.8. The summed E-state index contributed by atoms with van der Waals surface area (Å²) in [5.74, 6) is -0.946. The van der Waals surface area contributed by atoms with Crippen LogP contribution in [0.2, 0.25) is 0 Å². The van der Waals surface area contributed by atoms with Crippen molar-refractivity contribution in [2.24, 2.45) is 11.7 Å². The number of ketones is 1. The number of aliphatic hydroxyl groups excluding tert-OH is 1. The molecule has 2 aliphatic heterocycles. The van der Waals surface area contributed by atoms with Crippen LogP contribution in [-0.4, -0.2) is 48.0 Å². The van der Waals surface area contributed by atoms with Gasteiger partial charge in [0.15, 0.2) is 12.1 Å². The Morgan fingerprint density at radius 2 is 1.63 bits per heavy atom. The zero-order valence-corrected chi connectivity index (χ0v) is 20.6. The standard InChI is InChI=1S/C30H29NO7/c31-26(33)17-23-27(34)28-25(18-35-29(38-28)21-9-5-2-6-10-21)37-30(23)36-22-14-11-19(12-15-22)13-16-24(32)20-7-3-1-4-8-20/h1-16,23,25,27-30,34H,17-18H2,(H2,31,33)/b16-13+/t23-,25+,27-,28+,29-,30+/m0/s1. The van der Waals surface area contributed by atoms with Crippen molar-refractivity contribution in [1.29, 1.82) is 0 Å². The molecule has 38 heavy (non-hydrogen) atoms. The van der Waals surface area contributed by atoms with E-state index in [1.54, 1.807) is 42.5 Å². The number of primary amides is 1. The molecule has 0 aromatic heterocycles. The van der Waals surface area contributed by atoms with Crippen LogP contribution in [0.15, 0.2) is 91.0 Å². The number of hydrogen-bond acceptors (Lipinski definition) is 7. The van der Waals surface area contributed by atoms with Gasteiger partial charge in [0.05, 0.1) is 18.6 Å². The fraction of sp³-hybridized carbons (Fsp3) is 0.267. The van der Waals surface area contributed by atoms with Crippen molar-refractivity contribution in [1.82, 2.24) is 0 Å². The summed E-state index contributed by atoms with van der Waals surface area (Å²) < 4.78 is 24.1. The second-order valence-corrected chi connectivity index (χ2v) is 9.29. The Bertz CT molecular complexity index is 1260. The summed E-state index contributed by atoms with van der Waals surface area (Å²) in [7, 11) is 0. The quantitative estimate of drug-likeness (QED) is 0.347. The molecule has 0 spiro atoms. The number of rotatable bonds is 8. The second kappa shape index (κ2) is 11.7. The summed E-state index contributed by atoms with van der Waals surface area (Å²) in [6.45, 7) is 0.184. The van der Waals surface area contributed by atoms with E-state index in [2.05, 4.69) is 0 Å². The minimum absolute atomic E-state index is 0.0919. The van der Waals surface area contributed by atoms with Gasteiger partial charge in [0.2, 0.25) is 12.2 Å². The zero-order valence-electron chi connectivity index (χ0n) is 20.6. The molecule has 1 amide bonds. The van der Waals surface area contributed by atoms with Gasteiger partial charge in [-0.05, 0) is 23.8 Å². The Hall–Kier alpha value is -3.82. The molecular weight excluding hydrogens is 486 g/mol. The number of carbonyl (C=O) groups is 2. The Morgan fingerprint density at radius 3 is 2.32 bits per heavy atom. The smallest absolute Gasteiger partial charge is 0.218 e. The average molecular weight is 516 g/mol. The monoisotopic (exact) mass is 515 g/mol.